The Kier molecular flexibility index (Phi) is 11.4. The zero-order chi connectivity index (χ0) is 20.8. The molecule has 0 saturated heterocycles. The number of amides is 1. The number of nitrogens with one attached hydrogen (secondary N) is 1. The molecule has 0 fully saturated rings. The molecule has 0 unspecified atom stereocenters. The van der Waals surface area contributed by atoms with Crippen molar-refractivity contribution in [1.82, 2.24) is 5.32 Å². The molecule has 0 aliphatic carbocycles. The summed E-state index contributed by atoms with van der Waals surface area (Å²) < 4.78 is 9.74. The van der Waals surface area contributed by atoms with Gasteiger partial charge in [0.2, 0.25) is 5.91 Å². The lowest BCUT2D eigenvalue weighted by atomic mass is 10.1. The first kappa shape index (κ1) is 23.5. The fourth-order valence-corrected chi connectivity index (χ4v) is 2.62. The Morgan fingerprint density at radius 2 is 1.64 bits per heavy atom. The molecule has 2 N–H and O–H groups in total. The predicted octanol–water partition coefficient (Wildman–Crippen LogP) is 3.62. The maximum absolute atomic E-state index is 11.8. The quantitative estimate of drug-likeness (QED) is 0.301. The van der Waals surface area contributed by atoms with Gasteiger partial charge in [-0.15, -0.1) is 0 Å². The van der Waals surface area contributed by atoms with Gasteiger partial charge in [-0.2, -0.15) is 0 Å². The standard InChI is InChI=1S/C21H31NO6/c1-3-4-5-6-7-8-9-20(25)28-21(26)13-12-19(24)22-15-16-10-11-17(23)18(14-16)27-2/h10-11,14,23H,3-9,12-13,15H2,1-2H3,(H,22,24). The normalized spacial score (nSPS) is 10.4. The van der Waals surface area contributed by atoms with Gasteiger partial charge in [-0.3, -0.25) is 14.4 Å². The first-order chi connectivity index (χ1) is 13.5. The minimum atomic E-state index is -0.683. The van der Waals surface area contributed by atoms with E-state index in [1.165, 1.54) is 26.0 Å². The van der Waals surface area contributed by atoms with Gasteiger partial charge in [0, 0.05) is 19.4 Å². The third-order valence-electron chi connectivity index (χ3n) is 4.25. The molecular weight excluding hydrogens is 362 g/mol. The summed E-state index contributed by atoms with van der Waals surface area (Å²) in [6.07, 6.45) is 6.31. The number of benzene rings is 1. The SMILES string of the molecule is CCCCCCCCC(=O)OC(=O)CCC(=O)NCc1ccc(O)c(OC)c1. The Morgan fingerprint density at radius 1 is 0.964 bits per heavy atom. The van der Waals surface area contributed by atoms with Crippen LogP contribution in [0.25, 0.3) is 0 Å². The third-order valence-corrected chi connectivity index (χ3v) is 4.25. The summed E-state index contributed by atoms with van der Waals surface area (Å²) in [5.74, 6) is -1.20. The molecule has 1 aromatic rings. The van der Waals surface area contributed by atoms with Gasteiger partial charge in [0.25, 0.3) is 0 Å². The van der Waals surface area contributed by atoms with Gasteiger partial charge in [0.15, 0.2) is 11.5 Å². The lowest BCUT2D eigenvalue weighted by molar-refractivity contribution is -0.160. The molecule has 0 aromatic heterocycles. The van der Waals surface area contributed by atoms with E-state index in [0.717, 1.165) is 24.8 Å². The van der Waals surface area contributed by atoms with Crippen molar-refractivity contribution in [2.45, 2.75) is 71.3 Å². The lowest BCUT2D eigenvalue weighted by Crippen LogP contribution is -2.24. The van der Waals surface area contributed by atoms with Crippen LogP contribution in [0.2, 0.25) is 0 Å². The second-order valence-electron chi connectivity index (χ2n) is 6.65. The summed E-state index contributed by atoms with van der Waals surface area (Å²) in [7, 11) is 1.44. The molecule has 7 nitrogen and oxygen atoms in total. The number of unbranched alkanes of at least 4 members (excludes halogenated alkanes) is 5. The molecule has 0 radical (unpaired) electrons. The fourth-order valence-electron chi connectivity index (χ4n) is 2.62. The number of methoxy groups -OCH3 is 1. The Bertz CT molecular complexity index is 644. The van der Waals surface area contributed by atoms with Crippen LogP contribution in [0.4, 0.5) is 0 Å². The molecule has 0 spiro atoms. The Labute approximate surface area is 166 Å². The second kappa shape index (κ2) is 13.6. The first-order valence-corrected chi connectivity index (χ1v) is 9.82. The van der Waals surface area contributed by atoms with E-state index in [2.05, 4.69) is 12.2 Å². The van der Waals surface area contributed by atoms with Crippen LogP contribution >= 0.6 is 0 Å². The monoisotopic (exact) mass is 393 g/mol. The summed E-state index contributed by atoms with van der Waals surface area (Å²) in [5.41, 5.74) is 0.750. The Hall–Kier alpha value is -2.57. The van der Waals surface area contributed by atoms with E-state index in [1.54, 1.807) is 12.1 Å². The number of rotatable bonds is 13. The number of phenols is 1. The number of ether oxygens (including phenoxy) is 2. The van der Waals surface area contributed by atoms with Crippen LogP contribution in [0.1, 0.15) is 70.3 Å². The van der Waals surface area contributed by atoms with Crippen molar-refractivity contribution in [2.75, 3.05) is 7.11 Å². The molecule has 0 atom stereocenters. The topological polar surface area (TPSA) is 102 Å². The van der Waals surface area contributed by atoms with Crippen molar-refractivity contribution in [3.05, 3.63) is 23.8 Å². The number of carbonyl (C=O) groups is 3. The molecule has 1 aromatic carbocycles. The van der Waals surface area contributed by atoms with Crippen LogP contribution in [0, 0.1) is 0 Å². The molecule has 0 saturated carbocycles. The van der Waals surface area contributed by atoms with E-state index in [1.807, 2.05) is 0 Å². The minimum Gasteiger partial charge on any atom is -0.504 e. The van der Waals surface area contributed by atoms with E-state index in [9.17, 15) is 19.5 Å². The Morgan fingerprint density at radius 3 is 2.36 bits per heavy atom. The summed E-state index contributed by atoms with van der Waals surface area (Å²) in [5, 5.41) is 12.2. The van der Waals surface area contributed by atoms with Crippen LogP contribution in [0.3, 0.4) is 0 Å². The van der Waals surface area contributed by atoms with Crippen molar-refractivity contribution >= 4 is 17.8 Å². The van der Waals surface area contributed by atoms with Crippen molar-refractivity contribution < 1.29 is 29.0 Å². The van der Waals surface area contributed by atoms with Gasteiger partial charge in [-0.1, -0.05) is 45.1 Å². The van der Waals surface area contributed by atoms with E-state index in [0.29, 0.717) is 12.2 Å². The number of hydrogen-bond donors (Lipinski definition) is 2. The summed E-state index contributed by atoms with van der Waals surface area (Å²) in [6.45, 7) is 2.38. The highest BCUT2D eigenvalue weighted by Crippen LogP contribution is 2.26. The number of carbonyl (C=O) groups excluding carboxylic acids is 3. The van der Waals surface area contributed by atoms with E-state index in [4.69, 9.17) is 9.47 Å². The molecule has 7 heteroatoms. The smallest absolute Gasteiger partial charge is 0.313 e. The van der Waals surface area contributed by atoms with Gasteiger partial charge in [-0.05, 0) is 24.1 Å². The summed E-state index contributed by atoms with van der Waals surface area (Å²) >= 11 is 0. The number of phenolic OH excluding ortho intramolecular Hbond substituents is 1. The maximum Gasteiger partial charge on any atom is 0.313 e. The molecule has 1 amide bonds. The maximum atomic E-state index is 11.8. The molecule has 0 aliphatic heterocycles. The largest absolute Gasteiger partial charge is 0.504 e. The molecule has 156 valence electrons. The second-order valence-corrected chi connectivity index (χ2v) is 6.65. The van der Waals surface area contributed by atoms with Gasteiger partial charge < -0.3 is 19.9 Å². The fraction of sp³-hybridized carbons (Fsp3) is 0.571. The van der Waals surface area contributed by atoms with Crippen LogP contribution in [0.5, 0.6) is 11.5 Å². The van der Waals surface area contributed by atoms with Gasteiger partial charge in [0.05, 0.1) is 13.5 Å². The predicted molar refractivity (Wildman–Crippen MR) is 105 cm³/mol. The van der Waals surface area contributed by atoms with Crippen LogP contribution in [0.15, 0.2) is 18.2 Å². The first-order valence-electron chi connectivity index (χ1n) is 9.82. The van der Waals surface area contributed by atoms with Crippen molar-refractivity contribution in [3.63, 3.8) is 0 Å². The highest BCUT2D eigenvalue weighted by atomic mass is 16.6. The molecule has 0 heterocycles. The van der Waals surface area contributed by atoms with Crippen molar-refractivity contribution in [2.24, 2.45) is 0 Å². The minimum absolute atomic E-state index is 0.0194. The third kappa shape index (κ3) is 9.94. The molecule has 0 aliphatic rings. The number of esters is 2. The van der Waals surface area contributed by atoms with E-state index < -0.39 is 11.9 Å². The zero-order valence-corrected chi connectivity index (χ0v) is 16.8. The molecule has 0 bridgehead atoms. The van der Waals surface area contributed by atoms with Crippen molar-refractivity contribution in [3.8, 4) is 11.5 Å². The number of aromatic hydroxyl groups is 1. The van der Waals surface area contributed by atoms with Crippen LogP contribution in [-0.4, -0.2) is 30.1 Å². The van der Waals surface area contributed by atoms with Gasteiger partial charge in [-0.25, -0.2) is 0 Å². The number of hydrogen-bond acceptors (Lipinski definition) is 6. The van der Waals surface area contributed by atoms with Crippen LogP contribution in [-0.2, 0) is 25.7 Å². The lowest BCUT2D eigenvalue weighted by Gasteiger charge is -2.08. The highest BCUT2D eigenvalue weighted by Gasteiger charge is 2.13. The summed E-state index contributed by atoms with van der Waals surface area (Å²) in [6, 6.07) is 4.76. The zero-order valence-electron chi connectivity index (χ0n) is 16.8. The average molecular weight is 393 g/mol. The Balaban J connectivity index is 2.18. The van der Waals surface area contributed by atoms with Gasteiger partial charge in [0.1, 0.15) is 0 Å². The summed E-state index contributed by atoms with van der Waals surface area (Å²) in [4.78, 5) is 35.1. The molecule has 1 rings (SSSR count). The highest BCUT2D eigenvalue weighted by molar-refractivity contribution is 5.88. The van der Waals surface area contributed by atoms with E-state index in [-0.39, 0.29) is 37.5 Å². The van der Waals surface area contributed by atoms with E-state index >= 15 is 0 Å². The molecular formula is C21H31NO6. The van der Waals surface area contributed by atoms with Crippen LogP contribution < -0.4 is 10.1 Å². The average Bonchev–Trinajstić information content (AvgIpc) is 2.68. The van der Waals surface area contributed by atoms with Crippen molar-refractivity contribution in [1.29, 1.82) is 0 Å². The molecule has 28 heavy (non-hydrogen) atoms. The van der Waals surface area contributed by atoms with Gasteiger partial charge >= 0.3 is 11.9 Å².